The second kappa shape index (κ2) is 5.68. The van der Waals surface area contributed by atoms with Crippen molar-refractivity contribution in [2.24, 2.45) is 0 Å². The Morgan fingerprint density at radius 1 is 1.26 bits per heavy atom. The monoisotopic (exact) mass is 294 g/mol. The second-order valence-corrected chi connectivity index (χ2v) is 7.16. The molecule has 1 aromatic heterocycles. The third-order valence-electron chi connectivity index (χ3n) is 2.34. The van der Waals surface area contributed by atoms with Gasteiger partial charge in [-0.15, -0.1) is 4.72 Å². The molecule has 0 bridgehead atoms. The highest BCUT2D eigenvalue weighted by Crippen LogP contribution is 2.28. The number of aromatic nitrogens is 1. The topological polar surface area (TPSA) is 48.0 Å². The van der Waals surface area contributed by atoms with Crippen LogP contribution in [0.25, 0.3) is 0 Å². The van der Waals surface area contributed by atoms with E-state index in [1.807, 2.05) is 0 Å². The smallest absolute Gasteiger partial charge is 0.433 e. The summed E-state index contributed by atoms with van der Waals surface area (Å²) in [6.07, 6.45) is -4.47. The molecular weight excluding hydrogens is 277 g/mol. The van der Waals surface area contributed by atoms with E-state index in [1.54, 1.807) is 27.7 Å². The lowest BCUT2D eigenvalue weighted by Gasteiger charge is -2.26. The summed E-state index contributed by atoms with van der Waals surface area (Å²) in [6.45, 7) is 6.97. The number of nitrogens with one attached hydrogen (secondary N) is 1. The first-order valence-corrected chi connectivity index (χ1v) is 6.89. The summed E-state index contributed by atoms with van der Waals surface area (Å²) in [5.74, 6) is 0. The van der Waals surface area contributed by atoms with Gasteiger partial charge in [0, 0.05) is 11.4 Å². The number of rotatable bonds is 3. The van der Waals surface area contributed by atoms with Crippen LogP contribution in [0.3, 0.4) is 0 Å². The van der Waals surface area contributed by atoms with Gasteiger partial charge in [0.2, 0.25) is 0 Å². The number of nitrogens with zero attached hydrogens (tertiary/aromatic N) is 1. The molecule has 0 saturated heterocycles. The molecule has 1 unspecified atom stereocenters. The molecule has 0 spiro atoms. The molecule has 0 aliphatic rings. The molecule has 19 heavy (non-hydrogen) atoms. The summed E-state index contributed by atoms with van der Waals surface area (Å²) in [7, 11) is 0. The molecule has 1 rings (SSSR count). The molecular formula is C12H17F3N2OS. The number of pyridine rings is 1. The van der Waals surface area contributed by atoms with Crippen LogP contribution < -0.4 is 4.72 Å². The van der Waals surface area contributed by atoms with E-state index in [4.69, 9.17) is 0 Å². The van der Waals surface area contributed by atoms with Gasteiger partial charge in [0.1, 0.15) is 10.4 Å². The maximum Gasteiger partial charge on any atom is 0.433 e. The van der Waals surface area contributed by atoms with Gasteiger partial charge < -0.3 is 4.55 Å². The Kier molecular flexibility index (Phi) is 4.86. The molecule has 1 aromatic rings. The van der Waals surface area contributed by atoms with Crippen LogP contribution >= 0.6 is 0 Å². The third kappa shape index (κ3) is 4.67. The molecule has 0 radical (unpaired) electrons. The fraction of sp³-hybridized carbons (Fsp3) is 0.583. The molecule has 0 amide bonds. The van der Waals surface area contributed by atoms with Crippen molar-refractivity contribution < 1.29 is 17.7 Å². The highest BCUT2D eigenvalue weighted by atomic mass is 32.2. The minimum atomic E-state index is -4.47. The minimum absolute atomic E-state index is 0.215. The van der Waals surface area contributed by atoms with Gasteiger partial charge in [-0.3, -0.25) is 0 Å². The summed E-state index contributed by atoms with van der Waals surface area (Å²) in [5.41, 5.74) is -0.729. The molecule has 0 aromatic carbocycles. The van der Waals surface area contributed by atoms with Crippen molar-refractivity contribution in [2.45, 2.75) is 44.7 Å². The van der Waals surface area contributed by atoms with Crippen LogP contribution in [0.5, 0.6) is 0 Å². The number of alkyl halides is 3. The fourth-order valence-corrected chi connectivity index (χ4v) is 2.04. The van der Waals surface area contributed by atoms with E-state index in [9.17, 15) is 17.7 Å². The number of hydrogen-bond donors (Lipinski definition) is 1. The SMILES string of the molecule is C[C@H](N[S+]([O-])C(C)(C)C)c1cccc(C(F)(F)F)n1. The Morgan fingerprint density at radius 2 is 1.84 bits per heavy atom. The average molecular weight is 294 g/mol. The van der Waals surface area contributed by atoms with Crippen molar-refractivity contribution in [3.63, 3.8) is 0 Å². The van der Waals surface area contributed by atoms with Crippen molar-refractivity contribution in [3.8, 4) is 0 Å². The zero-order chi connectivity index (χ0) is 14.8. The van der Waals surface area contributed by atoms with Gasteiger partial charge in [-0.05, 0) is 39.8 Å². The summed E-state index contributed by atoms with van der Waals surface area (Å²) < 4.78 is 51.8. The molecule has 0 fully saturated rings. The van der Waals surface area contributed by atoms with Gasteiger partial charge in [0.25, 0.3) is 0 Å². The highest BCUT2D eigenvalue weighted by molar-refractivity contribution is 7.90. The lowest BCUT2D eigenvalue weighted by atomic mass is 10.2. The van der Waals surface area contributed by atoms with Crippen molar-refractivity contribution >= 4 is 11.4 Å². The van der Waals surface area contributed by atoms with E-state index >= 15 is 0 Å². The fourth-order valence-electron chi connectivity index (χ4n) is 1.25. The molecule has 0 saturated carbocycles. The summed E-state index contributed by atoms with van der Waals surface area (Å²) in [5, 5.41) is 0. The van der Waals surface area contributed by atoms with Gasteiger partial charge in [0.15, 0.2) is 0 Å². The predicted octanol–water partition coefficient (Wildman–Crippen LogP) is 3.21. The van der Waals surface area contributed by atoms with Gasteiger partial charge in [0.05, 0.1) is 11.7 Å². The Morgan fingerprint density at radius 3 is 2.32 bits per heavy atom. The van der Waals surface area contributed by atoms with Crippen LogP contribution in [-0.2, 0) is 17.5 Å². The zero-order valence-corrected chi connectivity index (χ0v) is 12.0. The lowest BCUT2D eigenvalue weighted by molar-refractivity contribution is -0.141. The minimum Gasteiger partial charge on any atom is -0.598 e. The quantitative estimate of drug-likeness (QED) is 0.871. The van der Waals surface area contributed by atoms with Gasteiger partial charge >= 0.3 is 6.18 Å². The Hall–Kier alpha value is -0.790. The number of halogens is 3. The average Bonchev–Trinajstić information content (AvgIpc) is 2.26. The highest BCUT2D eigenvalue weighted by Gasteiger charge is 2.33. The third-order valence-corrected chi connectivity index (χ3v) is 4.02. The van der Waals surface area contributed by atoms with E-state index in [0.29, 0.717) is 0 Å². The lowest BCUT2D eigenvalue weighted by Crippen LogP contribution is -2.40. The molecule has 0 aliphatic carbocycles. The predicted molar refractivity (Wildman–Crippen MR) is 68.7 cm³/mol. The maximum atomic E-state index is 12.5. The van der Waals surface area contributed by atoms with Crippen molar-refractivity contribution in [3.05, 3.63) is 29.6 Å². The normalized spacial score (nSPS) is 16.2. The second-order valence-electron chi connectivity index (χ2n) is 5.17. The molecule has 0 aliphatic heterocycles. The largest absolute Gasteiger partial charge is 0.598 e. The van der Waals surface area contributed by atoms with Crippen LogP contribution in [-0.4, -0.2) is 14.3 Å². The van der Waals surface area contributed by atoms with Gasteiger partial charge in [-0.1, -0.05) is 6.07 Å². The molecule has 2 atom stereocenters. The zero-order valence-electron chi connectivity index (χ0n) is 11.2. The van der Waals surface area contributed by atoms with Gasteiger partial charge in [-0.2, -0.15) is 13.2 Å². The van der Waals surface area contributed by atoms with Crippen LogP contribution in [0.2, 0.25) is 0 Å². The summed E-state index contributed by atoms with van der Waals surface area (Å²) >= 11 is -1.37. The van der Waals surface area contributed by atoms with Crippen LogP contribution in [0.15, 0.2) is 18.2 Å². The van der Waals surface area contributed by atoms with Crippen molar-refractivity contribution in [1.29, 1.82) is 0 Å². The summed E-state index contributed by atoms with van der Waals surface area (Å²) in [4.78, 5) is 3.56. The van der Waals surface area contributed by atoms with Crippen LogP contribution in [0.1, 0.15) is 45.1 Å². The van der Waals surface area contributed by atoms with Crippen molar-refractivity contribution in [2.75, 3.05) is 0 Å². The van der Waals surface area contributed by atoms with Crippen LogP contribution in [0, 0.1) is 0 Å². The standard InChI is InChI=1S/C12H17F3N2OS/c1-8(17-19(18)11(2,3)4)9-6-5-7-10(16-9)12(13,14)15/h5-8,17H,1-4H3/t8-,19?/m0/s1. The first-order chi connectivity index (χ1) is 8.51. The van der Waals surface area contributed by atoms with Crippen LogP contribution in [0.4, 0.5) is 13.2 Å². The Bertz CT molecular complexity index is 432. The van der Waals surface area contributed by atoms with Crippen molar-refractivity contribution in [1.82, 2.24) is 9.71 Å². The molecule has 1 N–H and O–H groups in total. The Labute approximate surface area is 113 Å². The first kappa shape index (κ1) is 16.3. The molecule has 7 heteroatoms. The summed E-state index contributed by atoms with van der Waals surface area (Å²) in [6, 6.07) is 3.16. The van der Waals surface area contributed by atoms with E-state index in [-0.39, 0.29) is 5.69 Å². The van der Waals surface area contributed by atoms with E-state index < -0.39 is 34.0 Å². The molecule has 3 nitrogen and oxygen atoms in total. The molecule has 1 heterocycles. The Balaban J connectivity index is 2.86. The van der Waals surface area contributed by atoms with E-state index in [0.717, 1.165) is 6.07 Å². The van der Waals surface area contributed by atoms with E-state index in [2.05, 4.69) is 9.71 Å². The van der Waals surface area contributed by atoms with Gasteiger partial charge in [-0.25, -0.2) is 4.98 Å². The molecule has 108 valence electrons. The van der Waals surface area contributed by atoms with E-state index in [1.165, 1.54) is 12.1 Å². The number of hydrogen-bond acceptors (Lipinski definition) is 3. The maximum absolute atomic E-state index is 12.5. The first-order valence-electron chi connectivity index (χ1n) is 5.74.